The number of nitrogens with zero attached hydrogens (tertiary/aromatic N) is 2. The fraction of sp³-hybridized carbons (Fsp3) is 0.600. The van der Waals surface area contributed by atoms with Crippen molar-refractivity contribution in [3.63, 3.8) is 0 Å². The molecule has 0 aliphatic rings. The molecule has 0 saturated heterocycles. The highest BCUT2D eigenvalue weighted by atomic mass is 35.5. The summed E-state index contributed by atoms with van der Waals surface area (Å²) in [5.41, 5.74) is 5.20. The van der Waals surface area contributed by atoms with Crippen LogP contribution < -0.4 is 5.73 Å². The first-order chi connectivity index (χ1) is 4.20. The fourth-order valence-electron chi connectivity index (χ4n) is 0.482. The Hall–Kier alpha value is -0.770. The van der Waals surface area contributed by atoms with Crippen molar-refractivity contribution < 1.29 is 4.52 Å². The molecule has 0 aliphatic carbocycles. The van der Waals surface area contributed by atoms with Crippen molar-refractivity contribution in [2.24, 2.45) is 0 Å². The average molecular weight is 164 g/mol. The van der Waals surface area contributed by atoms with Crippen LogP contribution in [0.4, 0.5) is 5.95 Å². The number of hydrogen-bond donors (Lipinski definition) is 1. The van der Waals surface area contributed by atoms with E-state index in [9.17, 15) is 0 Å². The van der Waals surface area contributed by atoms with Crippen molar-refractivity contribution in [2.75, 3.05) is 5.73 Å². The fourth-order valence-corrected chi connectivity index (χ4v) is 0.482. The number of hydrogen-bond acceptors (Lipinski definition) is 4. The predicted octanol–water partition coefficient (Wildman–Crippen LogP) is 1.20. The standard InChI is InChI=1S/C5H9N3O.ClH/c1-3(2)4-7-5(6)8-9-4;/h3H,1-2H3,(H2,6,8);1H. The second kappa shape index (κ2) is 3.41. The molecule has 0 fully saturated rings. The molecule has 0 aliphatic heterocycles. The lowest BCUT2D eigenvalue weighted by molar-refractivity contribution is 0.366. The van der Waals surface area contributed by atoms with Crippen molar-refractivity contribution in [3.05, 3.63) is 5.89 Å². The lowest BCUT2D eigenvalue weighted by Crippen LogP contribution is -1.89. The summed E-state index contributed by atoms with van der Waals surface area (Å²) in [6.45, 7) is 3.93. The molecule has 10 heavy (non-hydrogen) atoms. The highest BCUT2D eigenvalue weighted by Crippen LogP contribution is 2.10. The SMILES string of the molecule is CC(C)c1nc(N)no1.Cl. The van der Waals surface area contributed by atoms with Gasteiger partial charge in [-0.2, -0.15) is 4.98 Å². The van der Waals surface area contributed by atoms with Gasteiger partial charge in [0, 0.05) is 5.92 Å². The van der Waals surface area contributed by atoms with E-state index in [4.69, 9.17) is 10.3 Å². The number of nitrogen functional groups attached to an aromatic ring is 1. The van der Waals surface area contributed by atoms with Gasteiger partial charge in [-0.05, 0) is 5.16 Å². The monoisotopic (exact) mass is 163 g/mol. The van der Waals surface area contributed by atoms with E-state index >= 15 is 0 Å². The van der Waals surface area contributed by atoms with Crippen LogP contribution in [0.3, 0.4) is 0 Å². The zero-order valence-corrected chi connectivity index (χ0v) is 6.68. The molecule has 0 unspecified atom stereocenters. The van der Waals surface area contributed by atoms with Gasteiger partial charge in [0.1, 0.15) is 0 Å². The third-order valence-electron chi connectivity index (χ3n) is 0.951. The van der Waals surface area contributed by atoms with Gasteiger partial charge >= 0.3 is 0 Å². The van der Waals surface area contributed by atoms with E-state index in [0.29, 0.717) is 5.89 Å². The summed E-state index contributed by atoms with van der Waals surface area (Å²) in [5, 5.41) is 3.43. The molecular formula is C5H10ClN3O. The molecule has 5 heteroatoms. The summed E-state index contributed by atoms with van der Waals surface area (Å²) in [7, 11) is 0. The Balaban J connectivity index is 0.000000810. The molecule has 1 aromatic heterocycles. The van der Waals surface area contributed by atoms with Crippen LogP contribution in [0.25, 0.3) is 0 Å². The lowest BCUT2D eigenvalue weighted by Gasteiger charge is -1.90. The van der Waals surface area contributed by atoms with Gasteiger partial charge in [0.05, 0.1) is 0 Å². The molecule has 4 nitrogen and oxygen atoms in total. The summed E-state index contributed by atoms with van der Waals surface area (Å²) in [4.78, 5) is 3.81. The van der Waals surface area contributed by atoms with Crippen molar-refractivity contribution >= 4 is 18.4 Å². The normalized spacial score (nSPS) is 9.50. The van der Waals surface area contributed by atoms with Crippen LogP contribution in [0.15, 0.2) is 4.52 Å². The molecule has 0 bridgehead atoms. The molecule has 0 spiro atoms. The number of rotatable bonds is 1. The van der Waals surface area contributed by atoms with Crippen molar-refractivity contribution in [3.8, 4) is 0 Å². The maximum atomic E-state index is 5.20. The lowest BCUT2D eigenvalue weighted by atomic mass is 10.2. The molecule has 0 radical (unpaired) electrons. The van der Waals surface area contributed by atoms with E-state index in [2.05, 4.69) is 10.1 Å². The van der Waals surface area contributed by atoms with Crippen LogP contribution in [-0.4, -0.2) is 10.1 Å². The second-order valence-corrected chi connectivity index (χ2v) is 2.15. The first-order valence-corrected chi connectivity index (χ1v) is 2.79. The Bertz CT molecular complexity index is 199. The smallest absolute Gasteiger partial charge is 0.260 e. The van der Waals surface area contributed by atoms with Gasteiger partial charge in [0.2, 0.25) is 5.89 Å². The van der Waals surface area contributed by atoms with Crippen LogP contribution in [0, 0.1) is 0 Å². The molecule has 2 N–H and O–H groups in total. The first-order valence-electron chi connectivity index (χ1n) is 2.79. The van der Waals surface area contributed by atoms with Gasteiger partial charge in [0.25, 0.3) is 5.95 Å². The Morgan fingerprint density at radius 3 is 2.30 bits per heavy atom. The molecule has 1 heterocycles. The minimum absolute atomic E-state index is 0. The van der Waals surface area contributed by atoms with Crippen molar-refractivity contribution in [1.29, 1.82) is 0 Å². The van der Waals surface area contributed by atoms with Crippen LogP contribution in [0.2, 0.25) is 0 Å². The molecule has 1 rings (SSSR count). The zero-order chi connectivity index (χ0) is 6.85. The Kier molecular flexibility index (Phi) is 3.15. The third-order valence-corrected chi connectivity index (χ3v) is 0.951. The van der Waals surface area contributed by atoms with E-state index in [1.807, 2.05) is 13.8 Å². The quantitative estimate of drug-likeness (QED) is 0.676. The minimum Gasteiger partial charge on any atom is -0.365 e. The molecular weight excluding hydrogens is 154 g/mol. The van der Waals surface area contributed by atoms with Crippen molar-refractivity contribution in [2.45, 2.75) is 19.8 Å². The molecule has 1 aromatic rings. The predicted molar refractivity (Wildman–Crippen MR) is 40.0 cm³/mol. The summed E-state index contributed by atoms with van der Waals surface area (Å²) in [5.74, 6) is 1.06. The number of halogens is 1. The Labute approximate surface area is 65.2 Å². The van der Waals surface area contributed by atoms with Crippen LogP contribution in [-0.2, 0) is 0 Å². The minimum atomic E-state index is 0. The molecule has 0 atom stereocenters. The average Bonchev–Trinajstić information content (AvgIpc) is 2.14. The van der Waals surface area contributed by atoms with Gasteiger partial charge < -0.3 is 10.3 Å². The van der Waals surface area contributed by atoms with Gasteiger partial charge in [-0.3, -0.25) is 0 Å². The van der Waals surface area contributed by atoms with Crippen LogP contribution in [0.1, 0.15) is 25.7 Å². The van der Waals surface area contributed by atoms with Gasteiger partial charge in [-0.15, -0.1) is 12.4 Å². The van der Waals surface area contributed by atoms with Gasteiger partial charge in [-0.25, -0.2) is 0 Å². The maximum Gasteiger partial charge on any atom is 0.260 e. The van der Waals surface area contributed by atoms with Crippen LogP contribution >= 0.6 is 12.4 Å². The molecule has 58 valence electrons. The maximum absolute atomic E-state index is 5.20. The number of aromatic nitrogens is 2. The van der Waals surface area contributed by atoms with Gasteiger partial charge in [0.15, 0.2) is 0 Å². The van der Waals surface area contributed by atoms with E-state index in [0.717, 1.165) is 0 Å². The first kappa shape index (κ1) is 9.23. The van der Waals surface area contributed by atoms with E-state index in [1.54, 1.807) is 0 Å². The largest absolute Gasteiger partial charge is 0.365 e. The van der Waals surface area contributed by atoms with E-state index < -0.39 is 0 Å². The third kappa shape index (κ3) is 1.88. The molecule has 0 amide bonds. The summed E-state index contributed by atoms with van der Waals surface area (Å²) < 4.78 is 4.74. The second-order valence-electron chi connectivity index (χ2n) is 2.15. The zero-order valence-electron chi connectivity index (χ0n) is 5.87. The highest BCUT2D eigenvalue weighted by Gasteiger charge is 2.05. The van der Waals surface area contributed by atoms with Gasteiger partial charge in [-0.1, -0.05) is 13.8 Å². The summed E-state index contributed by atoms with van der Waals surface area (Å²) in [6.07, 6.45) is 0. The number of anilines is 1. The Morgan fingerprint density at radius 2 is 2.10 bits per heavy atom. The Morgan fingerprint density at radius 1 is 1.50 bits per heavy atom. The molecule has 0 saturated carbocycles. The summed E-state index contributed by atoms with van der Waals surface area (Å²) >= 11 is 0. The van der Waals surface area contributed by atoms with E-state index in [-0.39, 0.29) is 24.3 Å². The van der Waals surface area contributed by atoms with Crippen molar-refractivity contribution in [1.82, 2.24) is 10.1 Å². The molecule has 0 aromatic carbocycles. The van der Waals surface area contributed by atoms with Crippen LogP contribution in [0.5, 0.6) is 0 Å². The summed E-state index contributed by atoms with van der Waals surface area (Å²) in [6, 6.07) is 0. The highest BCUT2D eigenvalue weighted by molar-refractivity contribution is 5.85. The van der Waals surface area contributed by atoms with E-state index in [1.165, 1.54) is 0 Å². The number of nitrogens with two attached hydrogens (primary N) is 1. The topological polar surface area (TPSA) is 64.9 Å².